The summed E-state index contributed by atoms with van der Waals surface area (Å²) in [5.74, 6) is -1.84. The number of hydrogen-bond acceptors (Lipinski definition) is 2. The second kappa shape index (κ2) is 3.21. The molecule has 3 N–H and O–H groups in total. The maximum atomic E-state index is 13.2. The van der Waals surface area contributed by atoms with E-state index in [4.69, 9.17) is 9.85 Å². The van der Waals surface area contributed by atoms with Gasteiger partial charge in [-0.05, 0) is 18.2 Å². The molecule has 0 aliphatic heterocycles. The second-order valence-electron chi connectivity index (χ2n) is 2.19. The van der Waals surface area contributed by atoms with E-state index in [0.29, 0.717) is 0 Å². The molecule has 4 heteroatoms. The standard InChI is InChI=1S/C8H9FN2O/c1-11-8(12)6-3-2-5(10)4-7(6)9/h2-4H,10H2,1H3,(H,11,12)/i1D3. The maximum absolute atomic E-state index is 13.2. The van der Waals surface area contributed by atoms with Crippen LogP contribution >= 0.6 is 0 Å². The van der Waals surface area contributed by atoms with Gasteiger partial charge in [-0.1, -0.05) is 0 Å². The first-order valence-corrected chi connectivity index (χ1v) is 3.17. The zero-order chi connectivity index (χ0) is 11.6. The van der Waals surface area contributed by atoms with Gasteiger partial charge in [0, 0.05) is 16.8 Å². The first-order chi connectivity index (χ1) is 6.79. The summed E-state index contributed by atoms with van der Waals surface area (Å²) in [7, 11) is 0. The molecule has 0 aliphatic carbocycles. The summed E-state index contributed by atoms with van der Waals surface area (Å²) < 4.78 is 33.5. The third-order valence-corrected chi connectivity index (χ3v) is 1.35. The average molecular weight is 171 g/mol. The van der Waals surface area contributed by atoms with Gasteiger partial charge in [0.2, 0.25) is 0 Å². The van der Waals surface area contributed by atoms with Crippen molar-refractivity contribution in [1.29, 1.82) is 0 Å². The van der Waals surface area contributed by atoms with E-state index in [1.54, 1.807) is 5.32 Å². The predicted molar refractivity (Wildman–Crippen MR) is 44.2 cm³/mol. The molecule has 1 aromatic carbocycles. The smallest absolute Gasteiger partial charge is 0.253 e. The number of hydrogen-bond donors (Lipinski definition) is 2. The Labute approximate surface area is 73.6 Å². The van der Waals surface area contributed by atoms with Crippen LogP contribution < -0.4 is 11.1 Å². The minimum Gasteiger partial charge on any atom is -0.399 e. The summed E-state index contributed by atoms with van der Waals surface area (Å²) in [5, 5.41) is 1.68. The van der Waals surface area contributed by atoms with Crippen molar-refractivity contribution in [3.63, 3.8) is 0 Å². The summed E-state index contributed by atoms with van der Waals surface area (Å²) in [6, 6.07) is 3.40. The Morgan fingerprint density at radius 1 is 1.75 bits per heavy atom. The Morgan fingerprint density at radius 2 is 2.50 bits per heavy atom. The van der Waals surface area contributed by atoms with Crippen molar-refractivity contribution in [2.75, 3.05) is 12.7 Å². The number of amides is 1. The van der Waals surface area contributed by atoms with E-state index in [0.717, 1.165) is 12.1 Å². The SMILES string of the molecule is [2H]C([2H])([2H])NC(=O)c1ccc(N)cc1F. The van der Waals surface area contributed by atoms with Gasteiger partial charge >= 0.3 is 0 Å². The lowest BCUT2D eigenvalue weighted by atomic mass is 10.2. The average Bonchev–Trinajstić information content (AvgIpc) is 1.99. The van der Waals surface area contributed by atoms with Crippen molar-refractivity contribution in [2.24, 2.45) is 0 Å². The lowest BCUT2D eigenvalue weighted by Crippen LogP contribution is -2.19. The molecule has 0 heterocycles. The number of halogens is 1. The molecule has 1 aromatic rings. The summed E-state index contributed by atoms with van der Waals surface area (Å²) >= 11 is 0. The quantitative estimate of drug-likeness (QED) is 0.613. The molecule has 0 aromatic heterocycles. The van der Waals surface area contributed by atoms with E-state index in [9.17, 15) is 9.18 Å². The number of rotatable bonds is 1. The van der Waals surface area contributed by atoms with Gasteiger partial charge in [-0.25, -0.2) is 4.39 Å². The minimum atomic E-state index is -2.63. The molecule has 0 aliphatic rings. The summed E-state index contributed by atoms with van der Waals surface area (Å²) in [4.78, 5) is 11.2. The van der Waals surface area contributed by atoms with Crippen LogP contribution in [0.1, 0.15) is 14.5 Å². The topological polar surface area (TPSA) is 55.1 Å². The highest BCUT2D eigenvalue weighted by Gasteiger charge is 2.08. The van der Waals surface area contributed by atoms with Crippen LogP contribution in [0.4, 0.5) is 10.1 Å². The summed E-state index contributed by atoms with van der Waals surface area (Å²) in [6.45, 7) is -2.63. The Hall–Kier alpha value is -1.58. The van der Waals surface area contributed by atoms with E-state index >= 15 is 0 Å². The first-order valence-electron chi connectivity index (χ1n) is 4.67. The van der Waals surface area contributed by atoms with Crippen molar-refractivity contribution in [2.45, 2.75) is 0 Å². The van der Waals surface area contributed by atoms with Crippen LogP contribution in [0.3, 0.4) is 0 Å². The highest BCUT2D eigenvalue weighted by atomic mass is 19.1. The number of nitrogen functional groups attached to an aromatic ring is 1. The highest BCUT2D eigenvalue weighted by Crippen LogP contribution is 2.11. The summed E-state index contributed by atoms with van der Waals surface area (Å²) in [6.07, 6.45) is 0. The molecule has 1 amide bonds. The van der Waals surface area contributed by atoms with E-state index in [1.165, 1.54) is 6.07 Å². The number of nitrogens with one attached hydrogen (secondary N) is 1. The molecule has 0 bridgehead atoms. The monoisotopic (exact) mass is 171 g/mol. The number of anilines is 1. The Bertz CT molecular complexity index is 392. The fraction of sp³-hybridized carbons (Fsp3) is 0.125. The van der Waals surface area contributed by atoms with Crippen LogP contribution in [-0.2, 0) is 0 Å². The van der Waals surface area contributed by atoms with Crippen LogP contribution in [0.15, 0.2) is 18.2 Å². The predicted octanol–water partition coefficient (Wildman–Crippen LogP) is 0.768. The lowest BCUT2D eigenvalue weighted by Gasteiger charge is -2.01. The van der Waals surface area contributed by atoms with E-state index in [2.05, 4.69) is 0 Å². The molecule has 0 saturated carbocycles. The number of carbonyl (C=O) groups excluding carboxylic acids is 1. The van der Waals surface area contributed by atoms with E-state index in [-0.39, 0.29) is 11.3 Å². The van der Waals surface area contributed by atoms with Crippen molar-refractivity contribution in [3.05, 3.63) is 29.6 Å². The van der Waals surface area contributed by atoms with Crippen LogP contribution in [-0.4, -0.2) is 12.9 Å². The Morgan fingerprint density at radius 3 is 3.08 bits per heavy atom. The van der Waals surface area contributed by atoms with Gasteiger partial charge in [0.15, 0.2) is 0 Å². The van der Waals surface area contributed by atoms with Gasteiger partial charge < -0.3 is 11.1 Å². The largest absolute Gasteiger partial charge is 0.399 e. The van der Waals surface area contributed by atoms with Crippen LogP contribution in [0.2, 0.25) is 0 Å². The van der Waals surface area contributed by atoms with E-state index < -0.39 is 18.7 Å². The molecule has 0 atom stereocenters. The highest BCUT2D eigenvalue weighted by molar-refractivity contribution is 5.94. The number of nitrogens with two attached hydrogens (primary N) is 1. The Balaban J connectivity index is 2.92. The van der Waals surface area contributed by atoms with Crippen molar-refractivity contribution < 1.29 is 13.3 Å². The molecule has 0 radical (unpaired) electrons. The fourth-order valence-electron chi connectivity index (χ4n) is 0.783. The molecule has 64 valence electrons. The molecule has 0 spiro atoms. The molecule has 12 heavy (non-hydrogen) atoms. The molecule has 1 rings (SSSR count). The molecular formula is C8H9FN2O. The van der Waals surface area contributed by atoms with Crippen molar-refractivity contribution in [3.8, 4) is 0 Å². The zero-order valence-electron chi connectivity index (χ0n) is 9.10. The Kier molecular flexibility index (Phi) is 1.37. The lowest BCUT2D eigenvalue weighted by molar-refractivity contribution is 0.0959. The van der Waals surface area contributed by atoms with Crippen LogP contribution in [0.5, 0.6) is 0 Å². The maximum Gasteiger partial charge on any atom is 0.253 e. The van der Waals surface area contributed by atoms with E-state index in [1.807, 2.05) is 0 Å². The van der Waals surface area contributed by atoms with Gasteiger partial charge in [0.05, 0.1) is 5.56 Å². The molecule has 0 saturated heterocycles. The third-order valence-electron chi connectivity index (χ3n) is 1.35. The third kappa shape index (κ3) is 1.53. The second-order valence-corrected chi connectivity index (χ2v) is 2.19. The van der Waals surface area contributed by atoms with Crippen LogP contribution in [0, 0.1) is 5.82 Å². The van der Waals surface area contributed by atoms with Gasteiger partial charge in [0.1, 0.15) is 5.82 Å². The molecule has 3 nitrogen and oxygen atoms in total. The zero-order valence-corrected chi connectivity index (χ0v) is 6.10. The van der Waals surface area contributed by atoms with Crippen molar-refractivity contribution >= 4 is 11.6 Å². The number of benzene rings is 1. The molecule has 0 unspecified atom stereocenters. The van der Waals surface area contributed by atoms with Crippen molar-refractivity contribution in [1.82, 2.24) is 5.32 Å². The first kappa shape index (κ1) is 5.13. The molecule has 0 fully saturated rings. The van der Waals surface area contributed by atoms with Gasteiger partial charge in [-0.15, -0.1) is 0 Å². The normalized spacial score (nSPS) is 14.2. The van der Waals surface area contributed by atoms with Gasteiger partial charge in [-0.3, -0.25) is 4.79 Å². The fourth-order valence-corrected chi connectivity index (χ4v) is 0.783. The minimum absolute atomic E-state index is 0.165. The van der Waals surface area contributed by atoms with Crippen LogP contribution in [0.25, 0.3) is 0 Å². The summed E-state index contributed by atoms with van der Waals surface area (Å²) in [5.41, 5.74) is 5.09. The number of carbonyl (C=O) groups is 1. The van der Waals surface area contributed by atoms with Gasteiger partial charge in [-0.2, -0.15) is 0 Å². The van der Waals surface area contributed by atoms with Gasteiger partial charge in [0.25, 0.3) is 5.91 Å². The molecular weight excluding hydrogens is 159 g/mol.